The lowest BCUT2D eigenvalue weighted by atomic mass is 10.2. The molecule has 0 bridgehead atoms. The first kappa shape index (κ1) is 17.1. The van der Waals surface area contributed by atoms with Crippen molar-refractivity contribution in [3.05, 3.63) is 24.3 Å². The van der Waals surface area contributed by atoms with E-state index >= 15 is 0 Å². The van der Waals surface area contributed by atoms with Gasteiger partial charge in [0.25, 0.3) is 0 Å². The Kier molecular flexibility index (Phi) is 6.16. The number of nitrogens with two attached hydrogens (primary N) is 1. The maximum Gasteiger partial charge on any atom is 0.215 e. The van der Waals surface area contributed by atoms with E-state index in [1.54, 1.807) is 36.0 Å². The number of anilines is 1. The van der Waals surface area contributed by atoms with Crippen LogP contribution in [0.1, 0.15) is 13.8 Å². The normalized spacial score (nSPS) is 12.3. The zero-order valence-corrected chi connectivity index (χ0v) is 13.7. The molecule has 0 unspecified atom stereocenters. The quantitative estimate of drug-likeness (QED) is 0.713. The number of nitrogens with one attached hydrogen (secondary N) is 1. The molecule has 5 nitrogen and oxygen atoms in total. The molecule has 0 radical (unpaired) electrons. The van der Waals surface area contributed by atoms with Crippen molar-refractivity contribution >= 4 is 27.5 Å². The van der Waals surface area contributed by atoms with Crippen LogP contribution in [0.25, 0.3) is 0 Å². The highest BCUT2D eigenvalue weighted by Gasteiger charge is 2.20. The Hall–Kier alpha value is -0.920. The summed E-state index contributed by atoms with van der Waals surface area (Å²) in [6.45, 7) is 4.44. The molecular weight excluding hydrogens is 296 g/mol. The smallest absolute Gasteiger partial charge is 0.215 e. The van der Waals surface area contributed by atoms with Crippen LogP contribution in [0, 0.1) is 0 Å². The van der Waals surface area contributed by atoms with Crippen molar-refractivity contribution in [2.75, 3.05) is 30.9 Å². The van der Waals surface area contributed by atoms with Gasteiger partial charge in [-0.15, -0.1) is 0 Å². The molecule has 0 amide bonds. The number of thioether (sulfide) groups is 1. The van der Waals surface area contributed by atoms with E-state index in [0.717, 1.165) is 0 Å². The van der Waals surface area contributed by atoms with Gasteiger partial charge < -0.3 is 10.5 Å². The van der Waals surface area contributed by atoms with Crippen LogP contribution in [0.3, 0.4) is 0 Å². The number of sulfonamides is 1. The molecule has 0 aliphatic rings. The van der Waals surface area contributed by atoms with Gasteiger partial charge >= 0.3 is 0 Å². The van der Waals surface area contributed by atoms with Crippen molar-refractivity contribution in [1.29, 1.82) is 0 Å². The maximum atomic E-state index is 11.8. The predicted octanol–water partition coefficient (Wildman–Crippen LogP) is 1.71. The predicted molar refractivity (Wildman–Crippen MR) is 85.7 cm³/mol. The van der Waals surface area contributed by atoms with Crippen molar-refractivity contribution in [3.63, 3.8) is 0 Å². The van der Waals surface area contributed by atoms with Gasteiger partial charge in [-0.05, 0) is 32.2 Å². The van der Waals surface area contributed by atoms with Gasteiger partial charge in [0.05, 0.1) is 11.4 Å². The van der Waals surface area contributed by atoms with Crippen LogP contribution in [-0.2, 0) is 10.0 Å². The minimum atomic E-state index is -3.34. The number of hydrogen-bond donors (Lipinski definition) is 2. The molecule has 0 aliphatic heterocycles. The van der Waals surface area contributed by atoms with Crippen molar-refractivity contribution < 1.29 is 13.2 Å². The average Bonchev–Trinajstić information content (AvgIpc) is 2.39. The summed E-state index contributed by atoms with van der Waals surface area (Å²) in [6, 6.07) is 7.01. The maximum absolute atomic E-state index is 11.8. The Bertz CT molecular complexity index is 530. The molecule has 0 heterocycles. The van der Waals surface area contributed by atoms with Crippen molar-refractivity contribution in [1.82, 2.24) is 4.72 Å². The molecule has 0 fully saturated rings. The van der Waals surface area contributed by atoms with Crippen LogP contribution in [0.5, 0.6) is 5.75 Å². The fourth-order valence-corrected chi connectivity index (χ4v) is 2.64. The molecule has 7 heteroatoms. The lowest BCUT2D eigenvalue weighted by Crippen LogP contribution is -2.38. The number of benzene rings is 1. The minimum Gasteiger partial charge on any atom is -0.490 e. The summed E-state index contributed by atoms with van der Waals surface area (Å²) in [5.74, 6) is 0.415. The number of hydrogen-bond acceptors (Lipinski definition) is 5. The topological polar surface area (TPSA) is 81.4 Å². The summed E-state index contributed by atoms with van der Waals surface area (Å²) in [7, 11) is -3.34. The molecule has 1 aromatic rings. The third-order valence-corrected chi connectivity index (χ3v) is 5.34. The Labute approximate surface area is 125 Å². The molecule has 0 atom stereocenters. The van der Waals surface area contributed by atoms with Gasteiger partial charge in [0, 0.05) is 11.3 Å². The summed E-state index contributed by atoms with van der Waals surface area (Å²) < 4.78 is 31.5. The first-order chi connectivity index (χ1) is 9.26. The van der Waals surface area contributed by atoms with Crippen LogP contribution in [0.4, 0.5) is 5.69 Å². The van der Waals surface area contributed by atoms with Crippen LogP contribution < -0.4 is 15.2 Å². The van der Waals surface area contributed by atoms with Gasteiger partial charge in [-0.1, -0.05) is 12.1 Å². The molecule has 0 aliphatic carbocycles. The highest BCUT2D eigenvalue weighted by Crippen LogP contribution is 2.20. The van der Waals surface area contributed by atoms with E-state index in [1.807, 2.05) is 20.1 Å². The Morgan fingerprint density at radius 3 is 2.60 bits per heavy atom. The SMILES string of the molecule is CSC(C)(C)CNS(=O)(=O)CCOc1ccccc1N. The van der Waals surface area contributed by atoms with E-state index in [2.05, 4.69) is 4.72 Å². The molecule has 3 N–H and O–H groups in total. The lowest BCUT2D eigenvalue weighted by Gasteiger charge is -2.22. The lowest BCUT2D eigenvalue weighted by molar-refractivity contribution is 0.342. The molecule has 1 rings (SSSR count). The number of nitrogen functional groups attached to an aromatic ring is 1. The van der Waals surface area contributed by atoms with E-state index in [1.165, 1.54) is 0 Å². The van der Waals surface area contributed by atoms with Crippen molar-refractivity contribution in [3.8, 4) is 5.75 Å². The average molecular weight is 318 g/mol. The summed E-state index contributed by atoms with van der Waals surface area (Å²) in [5.41, 5.74) is 6.21. The third kappa shape index (κ3) is 6.02. The van der Waals surface area contributed by atoms with Crippen molar-refractivity contribution in [2.45, 2.75) is 18.6 Å². The molecule has 0 spiro atoms. The molecule has 20 heavy (non-hydrogen) atoms. The first-order valence-corrected chi connectivity index (χ1v) is 9.13. The third-order valence-electron chi connectivity index (χ3n) is 2.80. The Morgan fingerprint density at radius 1 is 1.35 bits per heavy atom. The Balaban J connectivity index is 2.43. The van der Waals surface area contributed by atoms with Gasteiger partial charge in [-0.25, -0.2) is 13.1 Å². The summed E-state index contributed by atoms with van der Waals surface area (Å²) in [6.07, 6.45) is 1.95. The van der Waals surface area contributed by atoms with Crippen LogP contribution in [-0.4, -0.2) is 38.3 Å². The van der Waals surface area contributed by atoms with Crippen molar-refractivity contribution in [2.24, 2.45) is 0 Å². The molecule has 1 aromatic carbocycles. The van der Waals surface area contributed by atoms with Gasteiger partial charge in [-0.3, -0.25) is 0 Å². The monoisotopic (exact) mass is 318 g/mol. The van der Waals surface area contributed by atoms with Gasteiger partial charge in [0.15, 0.2) is 0 Å². The second kappa shape index (κ2) is 7.19. The van der Waals surface area contributed by atoms with Gasteiger partial charge in [0.2, 0.25) is 10.0 Å². The van der Waals surface area contributed by atoms with Crippen LogP contribution >= 0.6 is 11.8 Å². The second-order valence-electron chi connectivity index (χ2n) is 4.99. The number of ether oxygens (including phenoxy) is 1. The molecular formula is C13H22N2O3S2. The standard InChI is InChI=1S/C13H22N2O3S2/c1-13(2,19-3)10-15-20(16,17)9-8-18-12-7-5-4-6-11(12)14/h4-7,15H,8-10,14H2,1-3H3. The fourth-order valence-electron chi connectivity index (χ4n) is 1.30. The van der Waals surface area contributed by atoms with Crippen LogP contribution in [0.2, 0.25) is 0 Å². The minimum absolute atomic E-state index is 0.0727. The largest absolute Gasteiger partial charge is 0.490 e. The second-order valence-corrected chi connectivity index (χ2v) is 8.43. The fraction of sp³-hybridized carbons (Fsp3) is 0.538. The van der Waals surface area contributed by atoms with E-state index in [4.69, 9.17) is 10.5 Å². The molecule has 0 saturated carbocycles. The highest BCUT2D eigenvalue weighted by atomic mass is 32.2. The van der Waals surface area contributed by atoms with Gasteiger partial charge in [-0.2, -0.15) is 11.8 Å². The van der Waals surface area contributed by atoms with E-state index in [-0.39, 0.29) is 17.1 Å². The van der Waals surface area contributed by atoms with E-state index in [0.29, 0.717) is 18.0 Å². The molecule has 0 saturated heterocycles. The Morgan fingerprint density at radius 2 is 2.00 bits per heavy atom. The number of rotatable bonds is 8. The van der Waals surface area contributed by atoms with Gasteiger partial charge in [0.1, 0.15) is 12.4 Å². The molecule has 0 aromatic heterocycles. The van der Waals surface area contributed by atoms with E-state index in [9.17, 15) is 8.42 Å². The zero-order valence-electron chi connectivity index (χ0n) is 12.0. The molecule has 114 valence electrons. The highest BCUT2D eigenvalue weighted by molar-refractivity contribution is 8.00. The van der Waals surface area contributed by atoms with E-state index < -0.39 is 10.0 Å². The summed E-state index contributed by atoms with van der Waals surface area (Å²) in [5, 5.41) is 0. The zero-order chi connectivity index (χ0) is 15.2. The first-order valence-electron chi connectivity index (χ1n) is 6.25. The van der Waals surface area contributed by atoms with Crippen LogP contribution in [0.15, 0.2) is 24.3 Å². The number of para-hydroxylation sites is 2. The summed E-state index contributed by atoms with van der Waals surface area (Å²) >= 11 is 1.62. The summed E-state index contributed by atoms with van der Waals surface area (Å²) in [4.78, 5) is 0.